The fourth-order valence-corrected chi connectivity index (χ4v) is 2.19. The minimum Gasteiger partial charge on any atom is -0.493 e. The molecule has 1 aromatic carbocycles. The quantitative estimate of drug-likeness (QED) is 0.830. The van der Waals surface area contributed by atoms with Crippen molar-refractivity contribution in [2.45, 2.75) is 19.4 Å². The normalized spacial score (nSPS) is 18.1. The van der Waals surface area contributed by atoms with Crippen LogP contribution < -0.4 is 20.1 Å². The topological polar surface area (TPSA) is 68.8 Å². The Bertz CT molecular complexity index is 473. The molecule has 0 spiro atoms. The van der Waals surface area contributed by atoms with Crippen molar-refractivity contribution in [3.05, 3.63) is 18.2 Å². The van der Waals surface area contributed by atoms with E-state index in [1.54, 1.807) is 25.3 Å². The minimum atomic E-state index is -0.0742. The lowest BCUT2D eigenvalue weighted by atomic mass is 10.2. The lowest BCUT2D eigenvalue weighted by Gasteiger charge is -2.23. The summed E-state index contributed by atoms with van der Waals surface area (Å²) in [6, 6.07) is 5.34. The predicted molar refractivity (Wildman–Crippen MR) is 80.0 cm³/mol. The van der Waals surface area contributed by atoms with Crippen molar-refractivity contribution in [2.75, 3.05) is 38.7 Å². The molecule has 1 fully saturated rings. The highest BCUT2D eigenvalue weighted by atomic mass is 16.5. The van der Waals surface area contributed by atoms with Gasteiger partial charge in [-0.05, 0) is 19.1 Å². The van der Waals surface area contributed by atoms with E-state index in [0.29, 0.717) is 43.4 Å². The van der Waals surface area contributed by atoms with Crippen molar-refractivity contribution in [1.82, 2.24) is 5.32 Å². The van der Waals surface area contributed by atoms with Crippen molar-refractivity contribution in [2.24, 2.45) is 0 Å². The highest BCUT2D eigenvalue weighted by Gasteiger charge is 2.17. The lowest BCUT2D eigenvalue weighted by molar-refractivity contribution is -0.119. The molecule has 6 nitrogen and oxygen atoms in total. The van der Waals surface area contributed by atoms with Gasteiger partial charge in [0.1, 0.15) is 0 Å². The number of hydrogen-bond donors (Lipinski definition) is 2. The molecule has 1 amide bonds. The van der Waals surface area contributed by atoms with Crippen LogP contribution in [0.4, 0.5) is 5.69 Å². The predicted octanol–water partition coefficient (Wildman–Crippen LogP) is 1.41. The van der Waals surface area contributed by atoms with Gasteiger partial charge in [-0.3, -0.25) is 4.79 Å². The molecule has 0 saturated carbocycles. The molecule has 1 atom stereocenters. The van der Waals surface area contributed by atoms with E-state index in [1.165, 1.54) is 0 Å². The van der Waals surface area contributed by atoms with Gasteiger partial charge in [0.25, 0.3) is 0 Å². The second-order valence-corrected chi connectivity index (χ2v) is 4.75. The summed E-state index contributed by atoms with van der Waals surface area (Å²) in [7, 11) is 1.57. The summed E-state index contributed by atoms with van der Waals surface area (Å²) in [4.78, 5) is 12.0. The molecule has 0 radical (unpaired) electrons. The van der Waals surface area contributed by atoms with Crippen LogP contribution in [0.25, 0.3) is 0 Å². The lowest BCUT2D eigenvalue weighted by Crippen LogP contribution is -2.40. The Balaban J connectivity index is 1.93. The molecule has 0 aromatic heterocycles. The van der Waals surface area contributed by atoms with Gasteiger partial charge in [0.05, 0.1) is 32.8 Å². The molecular weight excluding hydrogens is 272 g/mol. The van der Waals surface area contributed by atoms with E-state index in [9.17, 15) is 4.79 Å². The Morgan fingerprint density at radius 2 is 2.33 bits per heavy atom. The third-order valence-corrected chi connectivity index (χ3v) is 3.16. The minimum absolute atomic E-state index is 0.0663. The molecule has 2 rings (SSSR count). The summed E-state index contributed by atoms with van der Waals surface area (Å²) in [5.41, 5.74) is 0.684. The van der Waals surface area contributed by atoms with Crippen molar-refractivity contribution in [3.63, 3.8) is 0 Å². The number of carbonyl (C=O) groups is 1. The van der Waals surface area contributed by atoms with Gasteiger partial charge >= 0.3 is 0 Å². The van der Waals surface area contributed by atoms with Gasteiger partial charge in [-0.25, -0.2) is 0 Å². The number of ether oxygens (including phenoxy) is 3. The molecule has 1 aliphatic rings. The van der Waals surface area contributed by atoms with Crippen molar-refractivity contribution in [3.8, 4) is 11.5 Å². The van der Waals surface area contributed by atoms with E-state index >= 15 is 0 Å². The van der Waals surface area contributed by atoms with Gasteiger partial charge in [-0.15, -0.1) is 0 Å². The maximum atomic E-state index is 12.0. The first-order valence-corrected chi connectivity index (χ1v) is 7.16. The van der Waals surface area contributed by atoms with E-state index in [1.807, 2.05) is 6.92 Å². The van der Waals surface area contributed by atoms with Crippen molar-refractivity contribution in [1.29, 1.82) is 0 Å². The number of anilines is 1. The summed E-state index contributed by atoms with van der Waals surface area (Å²) < 4.78 is 16.2. The van der Waals surface area contributed by atoms with Crippen LogP contribution in [0.5, 0.6) is 11.5 Å². The molecule has 1 heterocycles. The first-order valence-electron chi connectivity index (χ1n) is 7.16. The molecule has 1 aromatic rings. The van der Waals surface area contributed by atoms with Gasteiger partial charge in [0.2, 0.25) is 5.91 Å². The van der Waals surface area contributed by atoms with Crippen LogP contribution in [-0.2, 0) is 9.53 Å². The number of carbonyl (C=O) groups excluding carboxylic acids is 1. The van der Waals surface area contributed by atoms with E-state index in [2.05, 4.69) is 10.6 Å². The van der Waals surface area contributed by atoms with Crippen LogP contribution >= 0.6 is 0 Å². The van der Waals surface area contributed by atoms with Crippen molar-refractivity contribution < 1.29 is 19.0 Å². The zero-order valence-corrected chi connectivity index (χ0v) is 12.5. The third kappa shape index (κ3) is 4.61. The summed E-state index contributed by atoms with van der Waals surface area (Å²) in [5.74, 6) is 1.19. The van der Waals surface area contributed by atoms with Gasteiger partial charge < -0.3 is 24.8 Å². The number of amides is 1. The molecule has 1 aliphatic heterocycles. The zero-order chi connectivity index (χ0) is 15.1. The summed E-state index contributed by atoms with van der Waals surface area (Å²) >= 11 is 0. The van der Waals surface area contributed by atoms with Crippen LogP contribution in [0.15, 0.2) is 18.2 Å². The Morgan fingerprint density at radius 3 is 3.00 bits per heavy atom. The number of methoxy groups -OCH3 is 1. The van der Waals surface area contributed by atoms with Crippen molar-refractivity contribution >= 4 is 11.6 Å². The molecule has 0 aliphatic carbocycles. The molecule has 6 heteroatoms. The maximum absolute atomic E-state index is 12.0. The zero-order valence-electron chi connectivity index (χ0n) is 12.5. The molecule has 21 heavy (non-hydrogen) atoms. The number of hydrogen-bond acceptors (Lipinski definition) is 5. The van der Waals surface area contributed by atoms with E-state index in [-0.39, 0.29) is 12.0 Å². The average molecular weight is 294 g/mol. The molecule has 116 valence electrons. The largest absolute Gasteiger partial charge is 0.493 e. The Kier molecular flexibility index (Phi) is 5.83. The molecular formula is C15H22N2O4. The van der Waals surface area contributed by atoms with Crippen LogP contribution in [0.1, 0.15) is 13.3 Å². The Morgan fingerprint density at radius 1 is 1.48 bits per heavy atom. The maximum Gasteiger partial charge on any atom is 0.227 e. The van der Waals surface area contributed by atoms with E-state index < -0.39 is 0 Å². The van der Waals surface area contributed by atoms with Gasteiger partial charge in [-0.1, -0.05) is 0 Å². The standard InChI is InChI=1S/C15H22N2O4/c1-3-20-13-5-4-11(8-14(13)19-2)17-15(18)9-12-10-16-6-7-21-12/h4-5,8,12,16H,3,6-7,9-10H2,1-2H3,(H,17,18). The number of benzene rings is 1. The fourth-order valence-electron chi connectivity index (χ4n) is 2.19. The first kappa shape index (κ1) is 15.6. The van der Waals surface area contributed by atoms with Crippen LogP contribution in [0.3, 0.4) is 0 Å². The Hall–Kier alpha value is -1.79. The number of nitrogens with one attached hydrogen (secondary N) is 2. The van der Waals surface area contributed by atoms with Crippen LogP contribution in [0, 0.1) is 0 Å². The Labute approximate surface area is 124 Å². The van der Waals surface area contributed by atoms with Gasteiger partial charge in [-0.2, -0.15) is 0 Å². The SMILES string of the molecule is CCOc1ccc(NC(=O)CC2CNCCO2)cc1OC. The second kappa shape index (κ2) is 7.85. The number of rotatable bonds is 6. The molecule has 0 bridgehead atoms. The second-order valence-electron chi connectivity index (χ2n) is 4.75. The van der Waals surface area contributed by atoms with E-state index in [4.69, 9.17) is 14.2 Å². The van der Waals surface area contributed by atoms with E-state index in [0.717, 1.165) is 6.54 Å². The van der Waals surface area contributed by atoms with Gasteiger partial charge in [0, 0.05) is 24.8 Å². The number of morpholine rings is 1. The van der Waals surface area contributed by atoms with Crippen LogP contribution in [0.2, 0.25) is 0 Å². The molecule has 1 saturated heterocycles. The summed E-state index contributed by atoms with van der Waals surface area (Å²) in [5, 5.41) is 6.05. The summed E-state index contributed by atoms with van der Waals surface area (Å²) in [6.45, 7) is 4.67. The summed E-state index contributed by atoms with van der Waals surface area (Å²) in [6.07, 6.45) is 0.269. The monoisotopic (exact) mass is 294 g/mol. The fraction of sp³-hybridized carbons (Fsp3) is 0.533. The smallest absolute Gasteiger partial charge is 0.227 e. The average Bonchev–Trinajstić information content (AvgIpc) is 2.50. The first-order chi connectivity index (χ1) is 10.2. The molecule has 2 N–H and O–H groups in total. The molecule has 1 unspecified atom stereocenters. The van der Waals surface area contributed by atoms with Crippen LogP contribution in [-0.4, -0.2) is 45.4 Å². The third-order valence-electron chi connectivity index (χ3n) is 3.16. The highest BCUT2D eigenvalue weighted by Crippen LogP contribution is 2.30. The highest BCUT2D eigenvalue weighted by molar-refractivity contribution is 5.91. The van der Waals surface area contributed by atoms with Gasteiger partial charge in [0.15, 0.2) is 11.5 Å².